The van der Waals surface area contributed by atoms with Crippen LogP contribution in [-0.4, -0.2) is 39.2 Å². The summed E-state index contributed by atoms with van der Waals surface area (Å²) in [4.78, 5) is 25.7. The minimum atomic E-state index is -0.945. The summed E-state index contributed by atoms with van der Waals surface area (Å²) in [6.07, 6.45) is 0. The fourth-order valence-electron chi connectivity index (χ4n) is 1.97. The van der Waals surface area contributed by atoms with Crippen molar-refractivity contribution >= 4 is 35.1 Å². The van der Waals surface area contributed by atoms with E-state index in [0.717, 1.165) is 10.4 Å². The highest BCUT2D eigenvalue weighted by atomic mass is 32.2. The summed E-state index contributed by atoms with van der Waals surface area (Å²) in [7, 11) is 0. The zero-order chi connectivity index (χ0) is 14.0. The number of aliphatic carboxylic acids is 1. The monoisotopic (exact) mass is 300 g/mol. The maximum absolute atomic E-state index is 12.1. The number of nitrogens with zero attached hydrogens (tertiary/aromatic N) is 1. The molecule has 2 rings (SSSR count). The number of urea groups is 1. The molecule has 0 radical (unpaired) electrons. The number of carbonyl (C=O) groups excluding carboxylic acids is 1. The van der Waals surface area contributed by atoms with Crippen molar-refractivity contribution in [1.82, 2.24) is 10.2 Å². The minimum absolute atomic E-state index is 0.106. The first kappa shape index (κ1) is 14.2. The molecule has 2 atom stereocenters. The topological polar surface area (TPSA) is 69.6 Å². The Morgan fingerprint density at radius 2 is 2.32 bits per heavy atom. The Kier molecular flexibility index (Phi) is 4.36. The molecule has 2 N–H and O–H groups in total. The van der Waals surface area contributed by atoms with Crippen LogP contribution in [0.25, 0.3) is 0 Å². The molecule has 0 spiro atoms. The molecule has 0 saturated carbocycles. The van der Waals surface area contributed by atoms with Gasteiger partial charge in [0, 0.05) is 10.6 Å². The molecule has 1 aliphatic rings. The second-order valence-electron chi connectivity index (χ2n) is 4.38. The van der Waals surface area contributed by atoms with Gasteiger partial charge in [-0.1, -0.05) is 0 Å². The van der Waals surface area contributed by atoms with Crippen LogP contribution < -0.4 is 5.32 Å². The van der Waals surface area contributed by atoms with Gasteiger partial charge in [0.2, 0.25) is 0 Å². The first-order valence-electron chi connectivity index (χ1n) is 5.94. The standard InChI is InChI=1S/C12H16N2O3S2/c1-7-3-4-18-10(7)5-13-12(17)14-8(2)19-6-9(14)11(15)16/h3-4,8-9H,5-6H2,1-2H3,(H,13,17)(H,15,16). The molecule has 7 heteroatoms. The highest BCUT2D eigenvalue weighted by molar-refractivity contribution is 8.00. The second kappa shape index (κ2) is 5.83. The number of carboxylic acids is 1. The van der Waals surface area contributed by atoms with E-state index in [1.165, 1.54) is 16.7 Å². The molecule has 1 aliphatic heterocycles. The maximum atomic E-state index is 12.1. The van der Waals surface area contributed by atoms with Crippen molar-refractivity contribution in [2.45, 2.75) is 31.8 Å². The van der Waals surface area contributed by atoms with Crippen LogP contribution in [-0.2, 0) is 11.3 Å². The third-order valence-electron chi connectivity index (χ3n) is 3.11. The predicted octanol–water partition coefficient (Wildman–Crippen LogP) is 2.11. The van der Waals surface area contributed by atoms with Crippen molar-refractivity contribution < 1.29 is 14.7 Å². The second-order valence-corrected chi connectivity index (χ2v) is 6.73. The number of nitrogens with one attached hydrogen (secondary N) is 1. The van der Waals surface area contributed by atoms with E-state index in [4.69, 9.17) is 5.11 Å². The van der Waals surface area contributed by atoms with Crippen molar-refractivity contribution in [3.05, 3.63) is 21.9 Å². The molecule has 1 aromatic heterocycles. The number of hydrogen-bond acceptors (Lipinski definition) is 4. The normalized spacial score (nSPS) is 22.5. The molecule has 0 aromatic carbocycles. The van der Waals surface area contributed by atoms with Crippen LogP contribution in [0.2, 0.25) is 0 Å². The van der Waals surface area contributed by atoms with E-state index in [1.54, 1.807) is 11.3 Å². The van der Waals surface area contributed by atoms with Crippen LogP contribution in [0.4, 0.5) is 4.79 Å². The lowest BCUT2D eigenvalue weighted by molar-refractivity contribution is -0.141. The number of amides is 2. The van der Waals surface area contributed by atoms with Crippen LogP contribution in [0.3, 0.4) is 0 Å². The Labute approximate surface area is 120 Å². The molecule has 0 bridgehead atoms. The highest BCUT2D eigenvalue weighted by Gasteiger charge is 2.39. The van der Waals surface area contributed by atoms with Gasteiger partial charge in [-0.3, -0.25) is 4.90 Å². The van der Waals surface area contributed by atoms with E-state index in [0.29, 0.717) is 12.3 Å². The van der Waals surface area contributed by atoms with Crippen molar-refractivity contribution in [1.29, 1.82) is 0 Å². The minimum Gasteiger partial charge on any atom is -0.480 e. The van der Waals surface area contributed by atoms with Gasteiger partial charge in [-0.05, 0) is 30.9 Å². The van der Waals surface area contributed by atoms with E-state index in [1.807, 2.05) is 25.3 Å². The Bertz CT molecular complexity index is 489. The fourth-order valence-corrected chi connectivity index (χ4v) is 3.99. The van der Waals surface area contributed by atoms with Crippen LogP contribution in [0.15, 0.2) is 11.4 Å². The molecule has 5 nitrogen and oxygen atoms in total. The van der Waals surface area contributed by atoms with E-state index in [9.17, 15) is 9.59 Å². The van der Waals surface area contributed by atoms with Gasteiger partial charge in [-0.25, -0.2) is 9.59 Å². The third-order valence-corrected chi connectivity index (χ3v) is 5.35. The summed E-state index contributed by atoms with van der Waals surface area (Å²) in [6.45, 7) is 4.29. The maximum Gasteiger partial charge on any atom is 0.327 e. The van der Waals surface area contributed by atoms with Crippen molar-refractivity contribution in [3.63, 3.8) is 0 Å². The summed E-state index contributed by atoms with van der Waals surface area (Å²) >= 11 is 3.07. The average molecular weight is 300 g/mol. The average Bonchev–Trinajstić information content (AvgIpc) is 2.92. The van der Waals surface area contributed by atoms with E-state index in [-0.39, 0.29) is 11.4 Å². The Morgan fingerprint density at radius 1 is 1.58 bits per heavy atom. The molecular formula is C12H16N2O3S2. The molecule has 19 heavy (non-hydrogen) atoms. The Hall–Kier alpha value is -1.21. The van der Waals surface area contributed by atoms with Crippen LogP contribution >= 0.6 is 23.1 Å². The lowest BCUT2D eigenvalue weighted by Crippen LogP contribution is -2.49. The predicted molar refractivity (Wildman–Crippen MR) is 76.5 cm³/mol. The molecule has 2 unspecified atom stereocenters. The quantitative estimate of drug-likeness (QED) is 0.897. The smallest absolute Gasteiger partial charge is 0.327 e. The summed E-state index contributed by atoms with van der Waals surface area (Å²) in [5.74, 6) is -0.499. The Balaban J connectivity index is 1.99. The summed E-state index contributed by atoms with van der Waals surface area (Å²) in [5, 5.41) is 13.8. The lowest BCUT2D eigenvalue weighted by atomic mass is 10.3. The SMILES string of the molecule is Cc1ccsc1CNC(=O)N1C(C)SCC1C(=O)O. The highest BCUT2D eigenvalue weighted by Crippen LogP contribution is 2.28. The van der Waals surface area contributed by atoms with Gasteiger partial charge >= 0.3 is 12.0 Å². The van der Waals surface area contributed by atoms with Gasteiger partial charge in [0.05, 0.1) is 11.9 Å². The number of thioether (sulfide) groups is 1. The number of aryl methyl sites for hydroxylation is 1. The zero-order valence-electron chi connectivity index (χ0n) is 10.8. The van der Waals surface area contributed by atoms with Crippen LogP contribution in [0.1, 0.15) is 17.4 Å². The lowest BCUT2D eigenvalue weighted by Gasteiger charge is -2.25. The number of hydrogen-bond donors (Lipinski definition) is 2. The third kappa shape index (κ3) is 3.03. The van der Waals surface area contributed by atoms with Gasteiger partial charge in [0.1, 0.15) is 6.04 Å². The number of thiophene rings is 1. The van der Waals surface area contributed by atoms with Crippen molar-refractivity contribution in [3.8, 4) is 0 Å². The molecule has 1 saturated heterocycles. The molecule has 1 aromatic rings. The largest absolute Gasteiger partial charge is 0.480 e. The van der Waals surface area contributed by atoms with E-state index < -0.39 is 12.0 Å². The van der Waals surface area contributed by atoms with Crippen molar-refractivity contribution in [2.24, 2.45) is 0 Å². The fraction of sp³-hybridized carbons (Fsp3) is 0.500. The molecular weight excluding hydrogens is 284 g/mol. The summed E-state index contributed by atoms with van der Waals surface area (Å²) in [5.41, 5.74) is 1.14. The summed E-state index contributed by atoms with van der Waals surface area (Å²) < 4.78 is 0. The van der Waals surface area contributed by atoms with Crippen LogP contribution in [0.5, 0.6) is 0 Å². The van der Waals surface area contributed by atoms with Gasteiger partial charge in [0.15, 0.2) is 0 Å². The van der Waals surface area contributed by atoms with Gasteiger partial charge in [-0.2, -0.15) is 0 Å². The van der Waals surface area contributed by atoms with Crippen molar-refractivity contribution in [2.75, 3.05) is 5.75 Å². The molecule has 2 heterocycles. The molecule has 104 valence electrons. The number of rotatable bonds is 3. The molecule has 0 aliphatic carbocycles. The summed E-state index contributed by atoms with van der Waals surface area (Å²) in [6, 6.07) is 0.961. The number of carbonyl (C=O) groups is 2. The number of carboxylic acid groups (broad SMARTS) is 1. The van der Waals surface area contributed by atoms with Gasteiger partial charge < -0.3 is 10.4 Å². The first-order chi connectivity index (χ1) is 9.00. The van der Waals surface area contributed by atoms with Gasteiger partial charge in [-0.15, -0.1) is 23.1 Å². The van der Waals surface area contributed by atoms with Crippen LogP contribution in [0, 0.1) is 6.92 Å². The molecule has 1 fully saturated rings. The van der Waals surface area contributed by atoms with E-state index >= 15 is 0 Å². The van der Waals surface area contributed by atoms with E-state index in [2.05, 4.69) is 5.32 Å². The zero-order valence-corrected chi connectivity index (χ0v) is 12.4. The molecule has 2 amide bonds. The Morgan fingerprint density at radius 3 is 2.89 bits per heavy atom. The first-order valence-corrected chi connectivity index (χ1v) is 7.87. The van der Waals surface area contributed by atoms with Gasteiger partial charge in [0.25, 0.3) is 0 Å².